The highest BCUT2D eigenvalue weighted by molar-refractivity contribution is 9.10. The van der Waals surface area contributed by atoms with Crippen LogP contribution in [0.5, 0.6) is 0 Å². The van der Waals surface area contributed by atoms with Gasteiger partial charge in [0.15, 0.2) is 0 Å². The van der Waals surface area contributed by atoms with E-state index in [0.29, 0.717) is 0 Å². The number of aliphatic hydroxyl groups excluding tert-OH is 1. The molecule has 0 atom stereocenters. The van der Waals surface area contributed by atoms with Crippen LogP contribution in [0.15, 0.2) is 28.7 Å². The number of aliphatic hydroxyl groups is 1. The Hall–Kier alpha value is -0.380. The van der Waals surface area contributed by atoms with Gasteiger partial charge < -0.3 is 5.11 Å². The van der Waals surface area contributed by atoms with Crippen LogP contribution in [0.1, 0.15) is 5.56 Å². The lowest BCUT2D eigenvalue weighted by molar-refractivity contribution is -0.00286. The highest BCUT2D eigenvalue weighted by atomic mass is 79.9. The number of likely N-dealkylation sites (tertiary alicyclic amines) is 1. The summed E-state index contributed by atoms with van der Waals surface area (Å²) in [7, 11) is 0. The summed E-state index contributed by atoms with van der Waals surface area (Å²) in [5, 5.41) is 9.09. The van der Waals surface area contributed by atoms with Crippen molar-refractivity contribution in [3.63, 3.8) is 0 Å². The first-order chi connectivity index (χ1) is 6.24. The van der Waals surface area contributed by atoms with E-state index in [4.69, 9.17) is 5.11 Å². The second-order valence-corrected chi connectivity index (χ2v) is 4.39. The zero-order valence-electron chi connectivity index (χ0n) is 7.28. The highest BCUT2D eigenvalue weighted by Gasteiger charge is 2.23. The maximum Gasteiger partial charge on any atom is 0.0794 e. The topological polar surface area (TPSA) is 23.5 Å². The normalized spacial score (nSPS) is 18.6. The van der Waals surface area contributed by atoms with Gasteiger partial charge >= 0.3 is 0 Å². The second kappa shape index (κ2) is 3.78. The van der Waals surface area contributed by atoms with Crippen molar-refractivity contribution < 1.29 is 5.11 Å². The van der Waals surface area contributed by atoms with Crippen LogP contribution in [0.4, 0.5) is 0 Å². The van der Waals surface area contributed by atoms with Crippen molar-refractivity contribution >= 4 is 15.9 Å². The summed E-state index contributed by atoms with van der Waals surface area (Å²) >= 11 is 3.40. The molecule has 1 N–H and O–H groups in total. The molecule has 1 aliphatic heterocycles. The first-order valence-electron chi connectivity index (χ1n) is 4.39. The molecule has 0 unspecified atom stereocenters. The van der Waals surface area contributed by atoms with E-state index < -0.39 is 0 Å². The molecule has 1 aromatic carbocycles. The smallest absolute Gasteiger partial charge is 0.0794 e. The first-order valence-corrected chi connectivity index (χ1v) is 5.18. The van der Waals surface area contributed by atoms with Crippen molar-refractivity contribution in [2.45, 2.75) is 12.6 Å². The molecule has 1 saturated heterocycles. The van der Waals surface area contributed by atoms with E-state index in [2.05, 4.69) is 33.0 Å². The summed E-state index contributed by atoms with van der Waals surface area (Å²) in [6.07, 6.45) is -0.101. The first kappa shape index (κ1) is 9.19. The number of nitrogens with zero attached hydrogens (tertiary/aromatic N) is 1. The van der Waals surface area contributed by atoms with E-state index in [9.17, 15) is 0 Å². The third-order valence-corrected chi connectivity index (χ3v) is 2.79. The number of hydrogen-bond donors (Lipinski definition) is 1. The molecule has 70 valence electrons. The summed E-state index contributed by atoms with van der Waals surface area (Å²) in [6, 6.07) is 8.31. The van der Waals surface area contributed by atoms with Crippen LogP contribution in [0, 0.1) is 0 Å². The Morgan fingerprint density at radius 3 is 2.46 bits per heavy atom. The summed E-state index contributed by atoms with van der Waals surface area (Å²) in [6.45, 7) is 2.58. The summed E-state index contributed by atoms with van der Waals surface area (Å²) in [5.74, 6) is 0. The Bertz CT molecular complexity index is 279. The average Bonchev–Trinajstić information content (AvgIpc) is 2.06. The van der Waals surface area contributed by atoms with Gasteiger partial charge in [-0.05, 0) is 17.7 Å². The molecule has 0 aliphatic carbocycles. The molecule has 1 heterocycles. The van der Waals surface area contributed by atoms with Gasteiger partial charge in [0.2, 0.25) is 0 Å². The fraction of sp³-hybridized carbons (Fsp3) is 0.400. The summed E-state index contributed by atoms with van der Waals surface area (Å²) in [5.41, 5.74) is 1.30. The van der Waals surface area contributed by atoms with Crippen LogP contribution >= 0.6 is 15.9 Å². The maximum atomic E-state index is 9.09. The molecule has 0 bridgehead atoms. The van der Waals surface area contributed by atoms with Crippen LogP contribution in [0.3, 0.4) is 0 Å². The Kier molecular flexibility index (Phi) is 2.67. The van der Waals surface area contributed by atoms with Gasteiger partial charge in [0.1, 0.15) is 0 Å². The largest absolute Gasteiger partial charge is 0.390 e. The predicted octanol–water partition coefficient (Wildman–Crippen LogP) is 1.63. The van der Waals surface area contributed by atoms with E-state index in [1.54, 1.807) is 0 Å². The Labute approximate surface area is 86.3 Å². The van der Waals surface area contributed by atoms with Crippen molar-refractivity contribution in [3.05, 3.63) is 34.3 Å². The van der Waals surface area contributed by atoms with E-state index in [-0.39, 0.29) is 6.10 Å². The molecule has 13 heavy (non-hydrogen) atoms. The minimum absolute atomic E-state index is 0.101. The van der Waals surface area contributed by atoms with Crippen molar-refractivity contribution in [3.8, 4) is 0 Å². The lowest BCUT2D eigenvalue weighted by Gasteiger charge is -2.35. The number of benzene rings is 1. The van der Waals surface area contributed by atoms with Crippen LogP contribution in [-0.4, -0.2) is 29.2 Å². The van der Waals surface area contributed by atoms with Gasteiger partial charge in [0.05, 0.1) is 6.10 Å². The minimum atomic E-state index is -0.101. The van der Waals surface area contributed by atoms with Gasteiger partial charge in [-0.2, -0.15) is 0 Å². The Balaban J connectivity index is 1.91. The maximum absolute atomic E-state index is 9.09. The fourth-order valence-electron chi connectivity index (χ4n) is 1.52. The molecule has 0 aromatic heterocycles. The predicted molar refractivity (Wildman–Crippen MR) is 55.4 cm³/mol. The second-order valence-electron chi connectivity index (χ2n) is 3.47. The van der Waals surface area contributed by atoms with Gasteiger partial charge in [0, 0.05) is 24.1 Å². The van der Waals surface area contributed by atoms with E-state index in [0.717, 1.165) is 24.1 Å². The quantitative estimate of drug-likeness (QED) is 0.851. The van der Waals surface area contributed by atoms with E-state index in [1.165, 1.54) is 5.56 Å². The van der Waals surface area contributed by atoms with Crippen molar-refractivity contribution in [2.75, 3.05) is 13.1 Å². The molecular weight excluding hydrogens is 230 g/mol. The average molecular weight is 242 g/mol. The molecular formula is C10H12BrNO. The third kappa shape index (κ3) is 2.30. The molecule has 2 rings (SSSR count). The number of β-amino-alcohol motifs (C(OH)–C–C–N with tert-alkyl or cyclic N) is 1. The Morgan fingerprint density at radius 2 is 1.92 bits per heavy atom. The number of rotatable bonds is 2. The monoisotopic (exact) mass is 241 g/mol. The van der Waals surface area contributed by atoms with Crippen LogP contribution in [0.25, 0.3) is 0 Å². The zero-order valence-corrected chi connectivity index (χ0v) is 8.87. The van der Waals surface area contributed by atoms with Gasteiger partial charge in [-0.3, -0.25) is 4.90 Å². The molecule has 0 saturated carbocycles. The van der Waals surface area contributed by atoms with Crippen LogP contribution < -0.4 is 0 Å². The van der Waals surface area contributed by atoms with Crippen molar-refractivity contribution in [1.29, 1.82) is 0 Å². The van der Waals surface area contributed by atoms with Gasteiger partial charge in [-0.1, -0.05) is 28.1 Å². The van der Waals surface area contributed by atoms with Gasteiger partial charge in [0.25, 0.3) is 0 Å². The lowest BCUT2D eigenvalue weighted by Crippen LogP contribution is -2.49. The molecule has 1 fully saturated rings. The van der Waals surface area contributed by atoms with E-state index >= 15 is 0 Å². The van der Waals surface area contributed by atoms with Gasteiger partial charge in [-0.15, -0.1) is 0 Å². The highest BCUT2D eigenvalue weighted by Crippen LogP contribution is 2.15. The molecule has 1 aliphatic rings. The zero-order chi connectivity index (χ0) is 9.26. The number of hydrogen-bond acceptors (Lipinski definition) is 2. The molecule has 0 amide bonds. The molecule has 2 nitrogen and oxygen atoms in total. The minimum Gasteiger partial charge on any atom is -0.390 e. The van der Waals surface area contributed by atoms with Crippen LogP contribution in [0.2, 0.25) is 0 Å². The summed E-state index contributed by atoms with van der Waals surface area (Å²) in [4.78, 5) is 2.23. The third-order valence-electron chi connectivity index (χ3n) is 2.26. The SMILES string of the molecule is OC1CN(Cc2ccc(Br)cc2)C1. The van der Waals surface area contributed by atoms with E-state index in [1.807, 2.05) is 12.1 Å². The molecule has 0 spiro atoms. The Morgan fingerprint density at radius 1 is 1.31 bits per heavy atom. The fourth-order valence-corrected chi connectivity index (χ4v) is 1.78. The molecule has 0 radical (unpaired) electrons. The number of halogens is 1. The lowest BCUT2D eigenvalue weighted by atomic mass is 10.1. The van der Waals surface area contributed by atoms with Crippen molar-refractivity contribution in [2.24, 2.45) is 0 Å². The molecule has 3 heteroatoms. The van der Waals surface area contributed by atoms with Crippen molar-refractivity contribution in [1.82, 2.24) is 4.90 Å². The van der Waals surface area contributed by atoms with Gasteiger partial charge in [-0.25, -0.2) is 0 Å². The van der Waals surface area contributed by atoms with Crippen LogP contribution in [-0.2, 0) is 6.54 Å². The standard InChI is InChI=1S/C10H12BrNO/c11-9-3-1-8(2-4-9)5-12-6-10(13)7-12/h1-4,10,13H,5-7H2. The summed E-state index contributed by atoms with van der Waals surface area (Å²) < 4.78 is 1.11. The molecule has 1 aromatic rings.